The summed E-state index contributed by atoms with van der Waals surface area (Å²) in [5.74, 6) is -2.26. The van der Waals surface area contributed by atoms with Crippen molar-refractivity contribution in [2.75, 3.05) is 0 Å². The van der Waals surface area contributed by atoms with E-state index in [0.717, 1.165) is 6.07 Å². The molecule has 0 aliphatic carbocycles. The molecule has 0 bridgehead atoms. The van der Waals surface area contributed by atoms with Gasteiger partial charge in [0.2, 0.25) is 0 Å². The number of carbonyl (C=O) groups is 1. The second-order valence-corrected chi connectivity index (χ2v) is 3.29. The van der Waals surface area contributed by atoms with Gasteiger partial charge >= 0.3 is 5.97 Å². The average Bonchev–Trinajstić information content (AvgIpc) is 2.09. The van der Waals surface area contributed by atoms with Crippen LogP contribution in [0.5, 0.6) is 0 Å². The molecule has 6 heteroatoms. The summed E-state index contributed by atoms with van der Waals surface area (Å²) in [6.45, 7) is 0. The van der Waals surface area contributed by atoms with Gasteiger partial charge in [-0.1, -0.05) is 21.1 Å². The van der Waals surface area contributed by atoms with Gasteiger partial charge in [-0.25, -0.2) is 9.18 Å². The van der Waals surface area contributed by atoms with Gasteiger partial charge < -0.3 is 10.3 Å². The topological polar surface area (TPSA) is 69.9 Å². The van der Waals surface area contributed by atoms with Crippen molar-refractivity contribution >= 4 is 27.6 Å². The van der Waals surface area contributed by atoms with Crippen LogP contribution < -0.4 is 0 Å². The third kappa shape index (κ3) is 2.08. The van der Waals surface area contributed by atoms with E-state index in [4.69, 9.17) is 10.3 Å². The lowest BCUT2D eigenvalue weighted by Gasteiger charge is -2.01. The summed E-state index contributed by atoms with van der Waals surface area (Å²) in [5, 5.41) is 19.4. The molecule has 0 radical (unpaired) electrons. The highest BCUT2D eigenvalue weighted by molar-refractivity contribution is 9.10. The average molecular weight is 262 g/mol. The third-order valence-corrected chi connectivity index (χ3v) is 1.98. The predicted octanol–water partition coefficient (Wildman–Crippen LogP) is 1.85. The predicted molar refractivity (Wildman–Crippen MR) is 50.1 cm³/mol. The number of hydrogen-bond acceptors (Lipinski definition) is 3. The van der Waals surface area contributed by atoms with Crippen LogP contribution in [0, 0.1) is 5.82 Å². The Morgan fingerprint density at radius 1 is 1.50 bits per heavy atom. The Kier molecular flexibility index (Phi) is 3.19. The van der Waals surface area contributed by atoms with E-state index in [-0.39, 0.29) is 5.56 Å². The Labute approximate surface area is 86.8 Å². The molecule has 2 N–H and O–H groups in total. The highest BCUT2D eigenvalue weighted by Gasteiger charge is 2.17. The SMILES string of the molecule is O=C(O)/C(=N\O)c1ccc(Br)cc1F. The lowest BCUT2D eigenvalue weighted by atomic mass is 10.1. The number of carboxylic acids is 1. The van der Waals surface area contributed by atoms with Crippen LogP contribution in [0.25, 0.3) is 0 Å². The quantitative estimate of drug-likeness (QED) is 0.485. The Morgan fingerprint density at radius 3 is 2.57 bits per heavy atom. The van der Waals surface area contributed by atoms with E-state index in [1.54, 1.807) is 0 Å². The number of hydrogen-bond donors (Lipinski definition) is 2. The molecule has 1 aromatic carbocycles. The molecule has 1 rings (SSSR count). The summed E-state index contributed by atoms with van der Waals surface area (Å²) in [7, 11) is 0. The van der Waals surface area contributed by atoms with Crippen molar-refractivity contribution in [2.24, 2.45) is 5.16 Å². The van der Waals surface area contributed by atoms with Crippen LogP contribution in [0.15, 0.2) is 27.8 Å². The van der Waals surface area contributed by atoms with Gasteiger partial charge in [-0.2, -0.15) is 0 Å². The lowest BCUT2D eigenvalue weighted by Crippen LogP contribution is -2.16. The Hall–Kier alpha value is -1.43. The van der Waals surface area contributed by atoms with Gasteiger partial charge in [-0.15, -0.1) is 0 Å². The van der Waals surface area contributed by atoms with E-state index < -0.39 is 17.5 Å². The molecule has 0 spiro atoms. The summed E-state index contributed by atoms with van der Waals surface area (Å²) < 4.78 is 13.6. The van der Waals surface area contributed by atoms with Crippen molar-refractivity contribution < 1.29 is 19.5 Å². The first-order valence-electron chi connectivity index (χ1n) is 3.47. The molecule has 0 fully saturated rings. The van der Waals surface area contributed by atoms with E-state index in [1.807, 2.05) is 0 Å². The maximum absolute atomic E-state index is 13.2. The summed E-state index contributed by atoms with van der Waals surface area (Å²) in [4.78, 5) is 10.5. The number of halogens is 2. The molecule has 0 saturated carbocycles. The Morgan fingerprint density at radius 2 is 2.14 bits per heavy atom. The lowest BCUT2D eigenvalue weighted by molar-refractivity contribution is -0.129. The molecule has 1 aromatic rings. The van der Waals surface area contributed by atoms with E-state index >= 15 is 0 Å². The normalized spacial score (nSPS) is 11.4. The summed E-state index contributed by atoms with van der Waals surface area (Å²) in [5.41, 5.74) is -0.988. The first kappa shape index (κ1) is 10.6. The van der Waals surface area contributed by atoms with Gasteiger partial charge in [0.15, 0.2) is 5.71 Å². The van der Waals surface area contributed by atoms with Crippen molar-refractivity contribution in [3.8, 4) is 0 Å². The summed E-state index contributed by atoms with van der Waals surface area (Å²) in [6, 6.07) is 3.75. The number of oxime groups is 1. The van der Waals surface area contributed by atoms with Crippen LogP contribution in [-0.2, 0) is 4.79 Å². The standard InChI is InChI=1S/C8H5BrFNO3/c9-4-1-2-5(6(10)3-4)7(11-14)8(12)13/h1-3,14H,(H,12,13)/b11-7-. The first-order valence-corrected chi connectivity index (χ1v) is 4.26. The Balaban J connectivity index is 3.25. The first-order chi connectivity index (χ1) is 6.56. The van der Waals surface area contributed by atoms with Crippen LogP contribution >= 0.6 is 15.9 Å². The molecule has 0 aromatic heterocycles. The largest absolute Gasteiger partial charge is 0.476 e. The van der Waals surface area contributed by atoms with Crippen LogP contribution in [-0.4, -0.2) is 22.0 Å². The molecular weight excluding hydrogens is 257 g/mol. The van der Waals surface area contributed by atoms with Crippen LogP contribution in [0.3, 0.4) is 0 Å². The van der Waals surface area contributed by atoms with E-state index in [2.05, 4.69) is 21.1 Å². The number of carboxylic acid groups (broad SMARTS) is 1. The molecule has 0 unspecified atom stereocenters. The van der Waals surface area contributed by atoms with Crippen molar-refractivity contribution in [3.05, 3.63) is 34.1 Å². The summed E-state index contributed by atoms with van der Waals surface area (Å²) >= 11 is 3.01. The number of benzene rings is 1. The fourth-order valence-corrected chi connectivity index (χ4v) is 1.23. The zero-order valence-corrected chi connectivity index (χ0v) is 8.32. The van der Waals surface area contributed by atoms with E-state index in [0.29, 0.717) is 4.47 Å². The second-order valence-electron chi connectivity index (χ2n) is 2.38. The minimum Gasteiger partial charge on any atom is -0.476 e. The molecule has 0 amide bonds. The van der Waals surface area contributed by atoms with E-state index in [9.17, 15) is 9.18 Å². The van der Waals surface area contributed by atoms with Crippen LogP contribution in [0.1, 0.15) is 5.56 Å². The highest BCUT2D eigenvalue weighted by Crippen LogP contribution is 2.16. The third-order valence-electron chi connectivity index (χ3n) is 1.49. The van der Waals surface area contributed by atoms with Crippen molar-refractivity contribution in [2.45, 2.75) is 0 Å². The smallest absolute Gasteiger partial charge is 0.358 e. The maximum Gasteiger partial charge on any atom is 0.358 e. The minimum absolute atomic E-state index is 0.261. The molecule has 14 heavy (non-hydrogen) atoms. The van der Waals surface area contributed by atoms with Gasteiger partial charge in [-0.05, 0) is 18.2 Å². The van der Waals surface area contributed by atoms with Gasteiger partial charge in [0.1, 0.15) is 5.82 Å². The van der Waals surface area contributed by atoms with Gasteiger partial charge in [-0.3, -0.25) is 0 Å². The maximum atomic E-state index is 13.2. The fraction of sp³-hybridized carbons (Fsp3) is 0. The van der Waals surface area contributed by atoms with Crippen LogP contribution in [0.4, 0.5) is 4.39 Å². The molecule has 0 heterocycles. The number of rotatable bonds is 2. The molecule has 0 atom stereocenters. The molecular formula is C8H5BrFNO3. The monoisotopic (exact) mass is 261 g/mol. The van der Waals surface area contributed by atoms with Gasteiger partial charge in [0.25, 0.3) is 0 Å². The zero-order valence-electron chi connectivity index (χ0n) is 6.74. The summed E-state index contributed by atoms with van der Waals surface area (Å²) in [6.07, 6.45) is 0. The highest BCUT2D eigenvalue weighted by atomic mass is 79.9. The molecule has 74 valence electrons. The van der Waals surface area contributed by atoms with Crippen LogP contribution in [0.2, 0.25) is 0 Å². The minimum atomic E-state index is -1.49. The molecule has 0 saturated heterocycles. The molecule has 4 nitrogen and oxygen atoms in total. The van der Waals surface area contributed by atoms with Gasteiger partial charge in [0, 0.05) is 10.0 Å². The second kappa shape index (κ2) is 4.19. The van der Waals surface area contributed by atoms with Crippen molar-refractivity contribution in [1.29, 1.82) is 0 Å². The molecule has 0 aliphatic rings. The number of aliphatic carboxylic acids is 1. The fourth-order valence-electron chi connectivity index (χ4n) is 0.893. The van der Waals surface area contributed by atoms with Gasteiger partial charge in [0.05, 0.1) is 0 Å². The van der Waals surface area contributed by atoms with Crippen molar-refractivity contribution in [3.63, 3.8) is 0 Å². The zero-order chi connectivity index (χ0) is 10.7. The molecule has 0 aliphatic heterocycles. The van der Waals surface area contributed by atoms with Crippen molar-refractivity contribution in [1.82, 2.24) is 0 Å². The number of nitrogens with zero attached hydrogens (tertiary/aromatic N) is 1. The Bertz CT molecular complexity index is 406. The van der Waals surface area contributed by atoms with E-state index in [1.165, 1.54) is 12.1 Å².